The van der Waals surface area contributed by atoms with Crippen molar-refractivity contribution in [3.8, 4) is 0 Å². The summed E-state index contributed by atoms with van der Waals surface area (Å²) in [6, 6.07) is 13.0. The second kappa shape index (κ2) is 6.58. The first kappa shape index (κ1) is 15.8. The largest absolute Gasteiger partial charge is 0.387 e. The van der Waals surface area contributed by atoms with E-state index in [4.69, 9.17) is 11.6 Å². The predicted octanol–water partition coefficient (Wildman–Crippen LogP) is 2.89. The number of hydrogen-bond acceptors (Lipinski definition) is 3. The van der Waals surface area contributed by atoms with E-state index in [9.17, 15) is 9.90 Å². The Kier molecular flexibility index (Phi) is 4.52. The van der Waals surface area contributed by atoms with Crippen molar-refractivity contribution < 1.29 is 5.11 Å². The highest BCUT2D eigenvalue weighted by Crippen LogP contribution is 2.19. The highest BCUT2D eigenvalue weighted by atomic mass is 35.5. The van der Waals surface area contributed by atoms with E-state index in [2.05, 4.69) is 15.3 Å². The molecule has 1 heterocycles. The molecule has 3 rings (SSSR count). The first-order valence-electron chi connectivity index (χ1n) is 7.42. The Bertz CT molecular complexity index is 854. The van der Waals surface area contributed by atoms with E-state index in [1.54, 1.807) is 12.1 Å². The molecule has 1 aromatic heterocycles. The van der Waals surface area contributed by atoms with Gasteiger partial charge in [0.25, 0.3) is 0 Å². The Hall–Kier alpha value is -2.08. The third-order valence-corrected chi connectivity index (χ3v) is 4.16. The van der Waals surface area contributed by atoms with Gasteiger partial charge in [-0.2, -0.15) is 0 Å². The summed E-state index contributed by atoms with van der Waals surface area (Å²) >= 11 is 5.85. The molecule has 0 spiro atoms. The highest BCUT2D eigenvalue weighted by molar-refractivity contribution is 6.30. The van der Waals surface area contributed by atoms with E-state index in [1.165, 1.54) is 0 Å². The zero-order chi connectivity index (χ0) is 16.4. The van der Waals surface area contributed by atoms with Crippen molar-refractivity contribution in [3.63, 3.8) is 0 Å². The lowest BCUT2D eigenvalue weighted by atomic mass is 10.1. The zero-order valence-electron chi connectivity index (χ0n) is 12.6. The smallest absolute Gasteiger partial charge is 0.323 e. The van der Waals surface area contributed by atoms with Gasteiger partial charge in [0, 0.05) is 17.6 Å². The number of imidazole rings is 1. The van der Waals surface area contributed by atoms with Crippen molar-refractivity contribution in [3.05, 3.63) is 69.1 Å². The van der Waals surface area contributed by atoms with Crippen molar-refractivity contribution in [1.29, 1.82) is 0 Å². The number of hydrogen-bond donors (Lipinski definition) is 4. The monoisotopic (exact) mass is 331 g/mol. The second-order valence-electron chi connectivity index (χ2n) is 5.58. The fourth-order valence-electron chi connectivity index (χ4n) is 2.53. The molecule has 6 heteroatoms. The molecule has 120 valence electrons. The lowest BCUT2D eigenvalue weighted by Gasteiger charge is -2.18. The maximum atomic E-state index is 11.3. The fraction of sp³-hybridized carbons (Fsp3) is 0.235. The van der Waals surface area contributed by atoms with E-state index in [-0.39, 0.29) is 11.7 Å². The molecule has 0 aliphatic heterocycles. The number of aromatic amines is 2. The second-order valence-corrected chi connectivity index (χ2v) is 6.02. The van der Waals surface area contributed by atoms with E-state index < -0.39 is 6.10 Å². The maximum absolute atomic E-state index is 11.3. The van der Waals surface area contributed by atoms with Crippen LogP contribution in [-0.4, -0.2) is 21.6 Å². The van der Waals surface area contributed by atoms with Crippen LogP contribution in [0.5, 0.6) is 0 Å². The minimum absolute atomic E-state index is 0.0414. The summed E-state index contributed by atoms with van der Waals surface area (Å²) in [6.07, 6.45) is -0.606. The summed E-state index contributed by atoms with van der Waals surface area (Å²) in [5, 5.41) is 14.2. The van der Waals surface area contributed by atoms with Crippen LogP contribution in [0.15, 0.2) is 47.3 Å². The molecule has 0 saturated heterocycles. The topological polar surface area (TPSA) is 80.9 Å². The van der Waals surface area contributed by atoms with Gasteiger partial charge in [-0.3, -0.25) is 0 Å². The number of fused-ring (bicyclic) bond motifs is 1. The minimum atomic E-state index is -0.606. The van der Waals surface area contributed by atoms with Gasteiger partial charge in [-0.25, -0.2) is 4.79 Å². The molecule has 0 radical (unpaired) electrons. The molecule has 0 amide bonds. The third-order valence-electron chi connectivity index (χ3n) is 3.91. The Morgan fingerprint density at radius 1 is 1.09 bits per heavy atom. The Morgan fingerprint density at radius 3 is 2.48 bits per heavy atom. The summed E-state index contributed by atoms with van der Waals surface area (Å²) in [4.78, 5) is 16.8. The SMILES string of the molecule is CC(NCC(O)c1ccc(Cl)cc1)c1ccc2[nH]c(=O)[nH]c2c1. The molecule has 2 atom stereocenters. The summed E-state index contributed by atoms with van der Waals surface area (Å²) in [7, 11) is 0. The van der Waals surface area contributed by atoms with Crippen molar-refractivity contribution in [2.24, 2.45) is 0 Å². The van der Waals surface area contributed by atoms with E-state index in [0.717, 1.165) is 22.2 Å². The molecule has 2 aromatic carbocycles. The summed E-state index contributed by atoms with van der Waals surface area (Å²) in [5.74, 6) is 0. The Balaban J connectivity index is 1.66. The average molecular weight is 332 g/mol. The van der Waals surface area contributed by atoms with E-state index in [1.807, 2.05) is 37.3 Å². The van der Waals surface area contributed by atoms with Gasteiger partial charge in [0.2, 0.25) is 0 Å². The number of aliphatic hydroxyl groups is 1. The van der Waals surface area contributed by atoms with Crippen LogP contribution in [-0.2, 0) is 0 Å². The Labute approximate surface area is 138 Å². The number of H-pyrrole nitrogens is 2. The van der Waals surface area contributed by atoms with Gasteiger partial charge >= 0.3 is 5.69 Å². The van der Waals surface area contributed by atoms with Gasteiger partial charge in [0.1, 0.15) is 0 Å². The molecule has 0 bridgehead atoms. The average Bonchev–Trinajstić information content (AvgIpc) is 2.92. The summed E-state index contributed by atoms with van der Waals surface area (Å²) in [5.41, 5.74) is 3.21. The van der Waals surface area contributed by atoms with Crippen LogP contribution in [0.3, 0.4) is 0 Å². The number of nitrogens with one attached hydrogen (secondary N) is 3. The molecule has 3 aromatic rings. The fourth-order valence-corrected chi connectivity index (χ4v) is 2.65. The van der Waals surface area contributed by atoms with Crippen LogP contribution in [0.4, 0.5) is 0 Å². The molecule has 0 fully saturated rings. The molecule has 4 N–H and O–H groups in total. The molecular weight excluding hydrogens is 314 g/mol. The van der Waals surface area contributed by atoms with Gasteiger partial charge in [-0.05, 0) is 42.3 Å². The molecule has 23 heavy (non-hydrogen) atoms. The first-order chi connectivity index (χ1) is 11.0. The van der Waals surface area contributed by atoms with Gasteiger partial charge in [-0.15, -0.1) is 0 Å². The van der Waals surface area contributed by atoms with Crippen molar-refractivity contribution in [2.45, 2.75) is 19.1 Å². The van der Waals surface area contributed by atoms with Gasteiger partial charge in [0.15, 0.2) is 0 Å². The predicted molar refractivity (Wildman–Crippen MR) is 91.7 cm³/mol. The number of aromatic nitrogens is 2. The lowest BCUT2D eigenvalue weighted by Crippen LogP contribution is -2.24. The third kappa shape index (κ3) is 3.64. The number of halogens is 1. The summed E-state index contributed by atoms with van der Waals surface area (Å²) in [6.45, 7) is 2.44. The number of rotatable bonds is 5. The Morgan fingerprint density at radius 2 is 1.74 bits per heavy atom. The van der Waals surface area contributed by atoms with Crippen LogP contribution in [0.2, 0.25) is 5.02 Å². The zero-order valence-corrected chi connectivity index (χ0v) is 13.4. The van der Waals surface area contributed by atoms with Crippen LogP contribution in [0.1, 0.15) is 30.2 Å². The van der Waals surface area contributed by atoms with E-state index in [0.29, 0.717) is 11.6 Å². The van der Waals surface area contributed by atoms with Crippen molar-refractivity contribution in [1.82, 2.24) is 15.3 Å². The van der Waals surface area contributed by atoms with Crippen LogP contribution < -0.4 is 11.0 Å². The molecule has 0 saturated carbocycles. The lowest BCUT2D eigenvalue weighted by molar-refractivity contribution is 0.171. The number of aliphatic hydroxyl groups excluding tert-OH is 1. The van der Waals surface area contributed by atoms with E-state index >= 15 is 0 Å². The molecule has 0 aliphatic rings. The first-order valence-corrected chi connectivity index (χ1v) is 7.79. The van der Waals surface area contributed by atoms with Gasteiger partial charge in [-0.1, -0.05) is 29.8 Å². The van der Waals surface area contributed by atoms with Crippen molar-refractivity contribution >= 4 is 22.6 Å². The van der Waals surface area contributed by atoms with Crippen molar-refractivity contribution in [2.75, 3.05) is 6.54 Å². The number of benzene rings is 2. The molecule has 5 nitrogen and oxygen atoms in total. The molecule has 0 aliphatic carbocycles. The summed E-state index contributed by atoms with van der Waals surface area (Å²) < 4.78 is 0. The quantitative estimate of drug-likeness (QED) is 0.580. The van der Waals surface area contributed by atoms with Crippen LogP contribution >= 0.6 is 11.6 Å². The standard InChI is InChI=1S/C17H18ClN3O2/c1-10(12-4-7-14-15(8-12)21-17(23)20-14)19-9-16(22)11-2-5-13(18)6-3-11/h2-8,10,16,19,22H,9H2,1H3,(H2,20,21,23). The normalized spacial score (nSPS) is 14.0. The maximum Gasteiger partial charge on any atom is 0.323 e. The molecule has 2 unspecified atom stereocenters. The highest BCUT2D eigenvalue weighted by Gasteiger charge is 2.11. The minimum Gasteiger partial charge on any atom is -0.387 e. The van der Waals surface area contributed by atoms with Gasteiger partial charge < -0.3 is 20.4 Å². The van der Waals surface area contributed by atoms with Crippen LogP contribution in [0, 0.1) is 0 Å². The molecular formula is C17H18ClN3O2. The van der Waals surface area contributed by atoms with Crippen LogP contribution in [0.25, 0.3) is 11.0 Å². The van der Waals surface area contributed by atoms with Gasteiger partial charge in [0.05, 0.1) is 17.1 Å².